The first kappa shape index (κ1) is 28.8. The number of thiocarbonyl (C=S) groups is 1. The van der Waals surface area contributed by atoms with Gasteiger partial charge in [0.05, 0.1) is 7.05 Å². The molecule has 3 rings (SSSR count). The van der Waals surface area contributed by atoms with Crippen LogP contribution in [0.2, 0.25) is 0 Å². The van der Waals surface area contributed by atoms with E-state index in [1.807, 2.05) is 72.8 Å². The van der Waals surface area contributed by atoms with Gasteiger partial charge in [-0.1, -0.05) is 67.9 Å². The van der Waals surface area contributed by atoms with Crippen LogP contribution in [-0.4, -0.2) is 34.1 Å². The monoisotopic (exact) mass is 536 g/mol. The Morgan fingerprint density at radius 2 is 1.76 bits per heavy atom. The number of unbranched alkanes of at least 4 members (excludes halogenated alkanes) is 1. The van der Waals surface area contributed by atoms with Gasteiger partial charge in [0.1, 0.15) is 31.6 Å². The van der Waals surface area contributed by atoms with Crippen LogP contribution >= 0.6 is 12.2 Å². The third kappa shape index (κ3) is 10.3. The zero-order chi connectivity index (χ0) is 27.2. The Morgan fingerprint density at radius 1 is 1.03 bits per heavy atom. The Labute approximate surface area is 230 Å². The molecule has 1 aromatic heterocycles. The summed E-state index contributed by atoms with van der Waals surface area (Å²) in [6.45, 7) is 4.19. The normalized spacial score (nSPS) is 11.4. The van der Waals surface area contributed by atoms with Gasteiger partial charge in [-0.3, -0.25) is 9.59 Å². The number of hydrogen-bond acceptors (Lipinski definition) is 4. The molecule has 0 saturated carbocycles. The van der Waals surface area contributed by atoms with Crippen molar-refractivity contribution in [2.75, 3.05) is 6.54 Å². The first-order valence-electron chi connectivity index (χ1n) is 13.0. The fourth-order valence-corrected chi connectivity index (χ4v) is 4.05. The molecule has 9 heteroatoms. The molecule has 0 saturated heterocycles. The summed E-state index contributed by atoms with van der Waals surface area (Å²) in [6.07, 6.45) is 8.44. The summed E-state index contributed by atoms with van der Waals surface area (Å²) in [5, 5.41) is 9.58. The topological polar surface area (TPSA) is 88.3 Å². The van der Waals surface area contributed by atoms with Gasteiger partial charge in [-0.25, -0.2) is 9.13 Å². The highest BCUT2D eigenvalue weighted by molar-refractivity contribution is 7.80. The van der Waals surface area contributed by atoms with Crippen molar-refractivity contribution in [1.29, 1.82) is 0 Å². The SMILES string of the molecule is CCCCNC(=S)N[C@@H](CCC(=O)OCc1ccccc1)C(=O)NCc1ccc(Cn2cc[n+](C)c2)cc1. The van der Waals surface area contributed by atoms with Crippen LogP contribution in [0.25, 0.3) is 0 Å². The zero-order valence-electron chi connectivity index (χ0n) is 22.2. The fraction of sp³-hybridized carbons (Fsp3) is 0.379. The van der Waals surface area contributed by atoms with Crippen molar-refractivity contribution in [3.8, 4) is 0 Å². The van der Waals surface area contributed by atoms with Crippen LogP contribution in [0, 0.1) is 0 Å². The van der Waals surface area contributed by atoms with Gasteiger partial charge in [0.15, 0.2) is 5.11 Å². The van der Waals surface area contributed by atoms with Crippen LogP contribution in [0.1, 0.15) is 49.3 Å². The van der Waals surface area contributed by atoms with Crippen molar-refractivity contribution in [2.45, 2.75) is 58.3 Å². The molecule has 0 aliphatic carbocycles. The smallest absolute Gasteiger partial charge is 0.306 e. The van der Waals surface area contributed by atoms with Gasteiger partial charge < -0.3 is 20.7 Å². The molecule has 2 aromatic carbocycles. The Morgan fingerprint density at radius 3 is 2.45 bits per heavy atom. The minimum absolute atomic E-state index is 0.0986. The van der Waals surface area contributed by atoms with E-state index in [9.17, 15) is 9.59 Å². The van der Waals surface area contributed by atoms with Gasteiger partial charge in [-0.05, 0) is 41.7 Å². The van der Waals surface area contributed by atoms with Crippen LogP contribution in [0.3, 0.4) is 0 Å². The average molecular weight is 537 g/mol. The number of aryl methyl sites for hydroxylation is 1. The van der Waals surface area contributed by atoms with Crippen molar-refractivity contribution >= 4 is 29.2 Å². The molecule has 8 nitrogen and oxygen atoms in total. The summed E-state index contributed by atoms with van der Waals surface area (Å²) in [6, 6.07) is 17.0. The lowest BCUT2D eigenvalue weighted by atomic mass is 10.1. The van der Waals surface area contributed by atoms with E-state index < -0.39 is 6.04 Å². The van der Waals surface area contributed by atoms with E-state index >= 15 is 0 Å². The maximum Gasteiger partial charge on any atom is 0.306 e. The number of imidazole rings is 1. The first-order chi connectivity index (χ1) is 18.4. The van der Waals surface area contributed by atoms with E-state index in [0.717, 1.165) is 37.1 Å². The van der Waals surface area contributed by atoms with Crippen LogP contribution in [0.5, 0.6) is 0 Å². The van der Waals surface area contributed by atoms with Gasteiger partial charge in [0, 0.05) is 19.5 Å². The first-order valence-corrected chi connectivity index (χ1v) is 13.4. The van der Waals surface area contributed by atoms with E-state index in [4.69, 9.17) is 17.0 Å². The van der Waals surface area contributed by atoms with Crippen molar-refractivity contribution in [3.05, 3.63) is 90.0 Å². The van der Waals surface area contributed by atoms with E-state index in [-0.39, 0.29) is 31.3 Å². The molecule has 0 unspecified atom stereocenters. The number of ether oxygens (including phenoxy) is 1. The number of rotatable bonds is 14. The molecular formula is C29H38N5O3S+. The lowest BCUT2D eigenvalue weighted by Gasteiger charge is -2.20. The van der Waals surface area contributed by atoms with E-state index in [0.29, 0.717) is 11.7 Å². The molecule has 3 N–H and O–H groups in total. The maximum absolute atomic E-state index is 13.1. The van der Waals surface area contributed by atoms with Gasteiger partial charge in [0.2, 0.25) is 12.2 Å². The lowest BCUT2D eigenvalue weighted by Crippen LogP contribution is -2.50. The van der Waals surface area contributed by atoms with E-state index in [1.165, 1.54) is 5.56 Å². The van der Waals surface area contributed by atoms with Crippen molar-refractivity contribution < 1.29 is 18.9 Å². The van der Waals surface area contributed by atoms with Gasteiger partial charge in [0.25, 0.3) is 0 Å². The summed E-state index contributed by atoms with van der Waals surface area (Å²) in [4.78, 5) is 25.4. The minimum Gasteiger partial charge on any atom is -0.461 e. The number of nitrogens with zero attached hydrogens (tertiary/aromatic N) is 2. The molecule has 0 bridgehead atoms. The molecule has 1 atom stereocenters. The number of carbonyl (C=O) groups is 2. The number of hydrogen-bond donors (Lipinski definition) is 3. The third-order valence-corrected chi connectivity index (χ3v) is 6.26. The summed E-state index contributed by atoms with van der Waals surface area (Å²) in [7, 11) is 1.99. The number of amides is 1. The molecule has 0 radical (unpaired) electrons. The summed E-state index contributed by atoms with van der Waals surface area (Å²) in [5.41, 5.74) is 3.08. The van der Waals surface area contributed by atoms with Crippen molar-refractivity contribution in [1.82, 2.24) is 20.5 Å². The minimum atomic E-state index is -0.658. The molecule has 1 heterocycles. The maximum atomic E-state index is 13.1. The predicted octanol–water partition coefficient (Wildman–Crippen LogP) is 3.13. The molecule has 1 amide bonds. The Bertz CT molecular complexity index is 1160. The van der Waals surface area contributed by atoms with Crippen LogP contribution in [-0.2, 0) is 41.1 Å². The largest absolute Gasteiger partial charge is 0.461 e. The molecule has 38 heavy (non-hydrogen) atoms. The Balaban J connectivity index is 1.51. The number of carbonyl (C=O) groups excluding carboxylic acids is 2. The highest BCUT2D eigenvalue weighted by Crippen LogP contribution is 2.08. The van der Waals surface area contributed by atoms with Gasteiger partial charge in [-0.15, -0.1) is 0 Å². The van der Waals surface area contributed by atoms with E-state index in [1.54, 1.807) is 0 Å². The second-order valence-corrected chi connectivity index (χ2v) is 9.69. The predicted molar refractivity (Wildman–Crippen MR) is 151 cm³/mol. The number of benzene rings is 2. The average Bonchev–Trinajstić information content (AvgIpc) is 3.34. The second kappa shape index (κ2) is 15.5. The van der Waals surface area contributed by atoms with Crippen LogP contribution in [0.15, 0.2) is 73.3 Å². The zero-order valence-corrected chi connectivity index (χ0v) is 23.0. The summed E-state index contributed by atoms with van der Waals surface area (Å²) >= 11 is 5.38. The van der Waals surface area contributed by atoms with E-state index in [2.05, 4.69) is 39.6 Å². The lowest BCUT2D eigenvalue weighted by molar-refractivity contribution is -0.671. The Kier molecular flexibility index (Phi) is 11.8. The fourth-order valence-electron chi connectivity index (χ4n) is 3.81. The van der Waals surface area contributed by atoms with Gasteiger partial charge >= 0.3 is 5.97 Å². The highest BCUT2D eigenvalue weighted by atomic mass is 32.1. The summed E-state index contributed by atoms with van der Waals surface area (Å²) in [5.74, 6) is -0.574. The highest BCUT2D eigenvalue weighted by Gasteiger charge is 2.21. The quantitative estimate of drug-likeness (QED) is 0.127. The molecule has 0 aliphatic rings. The van der Waals surface area contributed by atoms with Gasteiger partial charge in [-0.2, -0.15) is 0 Å². The molecular weight excluding hydrogens is 498 g/mol. The number of esters is 1. The molecule has 0 aliphatic heterocycles. The van der Waals surface area contributed by atoms with Crippen molar-refractivity contribution in [2.24, 2.45) is 7.05 Å². The number of nitrogens with one attached hydrogen (secondary N) is 3. The molecule has 3 aromatic rings. The van der Waals surface area contributed by atoms with Crippen molar-refractivity contribution in [3.63, 3.8) is 0 Å². The number of aromatic nitrogens is 2. The molecule has 202 valence electrons. The standard InChI is InChI=1S/C29H37N5O3S/c1-3-4-16-30-29(38)32-26(14-15-27(35)37-21-25-8-6-5-7-9-25)28(36)31-19-23-10-12-24(13-11-23)20-34-18-17-33(2)22-34/h5-13,17-18,22,26H,3-4,14-16,19-21H2,1-2H3,(H2-,30,31,32,36,38)/p+1/t26-/m0/s1. The molecule has 0 fully saturated rings. The second-order valence-electron chi connectivity index (χ2n) is 9.28. The molecule has 0 spiro atoms. The summed E-state index contributed by atoms with van der Waals surface area (Å²) < 4.78 is 9.49. The Hall–Kier alpha value is -3.72. The van der Waals surface area contributed by atoms with Crippen LogP contribution in [0.4, 0.5) is 0 Å². The third-order valence-electron chi connectivity index (χ3n) is 6.00. The van der Waals surface area contributed by atoms with Crippen LogP contribution < -0.4 is 20.5 Å².